The minimum atomic E-state index is -0.466. The Morgan fingerprint density at radius 1 is 1.42 bits per heavy atom. The van der Waals surface area contributed by atoms with Crippen LogP contribution in [-0.2, 0) is 0 Å². The summed E-state index contributed by atoms with van der Waals surface area (Å²) < 4.78 is 0. The number of aromatic nitrogens is 1. The summed E-state index contributed by atoms with van der Waals surface area (Å²) in [4.78, 5) is 20.4. The maximum absolute atomic E-state index is 12.2. The van der Waals surface area contributed by atoms with E-state index in [0.29, 0.717) is 18.8 Å². The molecule has 1 amide bonds. The van der Waals surface area contributed by atoms with Crippen molar-refractivity contribution < 1.29 is 4.79 Å². The number of nitriles is 1. The Hall–Kier alpha value is -1.45. The third-order valence-electron chi connectivity index (χ3n) is 3.47. The summed E-state index contributed by atoms with van der Waals surface area (Å²) >= 11 is 1.49. The lowest BCUT2D eigenvalue weighted by atomic mass is 10.0. The predicted octanol–water partition coefficient (Wildman–Crippen LogP) is 1.51. The number of aryl methyl sites for hydroxylation is 1. The van der Waals surface area contributed by atoms with Crippen molar-refractivity contribution >= 4 is 17.2 Å². The Kier molecular flexibility index (Phi) is 3.88. The maximum Gasteiger partial charge on any atom is 0.273 e. The summed E-state index contributed by atoms with van der Waals surface area (Å²) in [5.41, 5.74) is 0.0716. The molecular formula is C13H18N4OS. The van der Waals surface area contributed by atoms with Gasteiger partial charge in [-0.25, -0.2) is 4.98 Å². The number of hydrogen-bond donors (Lipinski definition) is 0. The first kappa shape index (κ1) is 14.0. The van der Waals surface area contributed by atoms with Gasteiger partial charge in [-0.2, -0.15) is 5.26 Å². The van der Waals surface area contributed by atoms with Gasteiger partial charge >= 0.3 is 0 Å². The minimum absolute atomic E-state index is 0.00114. The maximum atomic E-state index is 12.2. The van der Waals surface area contributed by atoms with Crippen molar-refractivity contribution in [3.05, 3.63) is 16.1 Å². The molecule has 0 saturated carbocycles. The van der Waals surface area contributed by atoms with Gasteiger partial charge in [-0.1, -0.05) is 0 Å². The van der Waals surface area contributed by atoms with Crippen LogP contribution in [0.1, 0.15) is 29.3 Å². The van der Waals surface area contributed by atoms with Gasteiger partial charge in [0.15, 0.2) is 0 Å². The molecule has 2 heterocycles. The summed E-state index contributed by atoms with van der Waals surface area (Å²) in [7, 11) is 0. The largest absolute Gasteiger partial charge is 0.335 e. The first-order valence-electron chi connectivity index (χ1n) is 6.32. The third kappa shape index (κ3) is 2.94. The van der Waals surface area contributed by atoms with E-state index >= 15 is 0 Å². The molecule has 6 heteroatoms. The number of thiazole rings is 1. The van der Waals surface area contributed by atoms with Gasteiger partial charge in [-0.05, 0) is 20.8 Å². The molecule has 0 spiro atoms. The number of carbonyl (C=O) groups is 1. The van der Waals surface area contributed by atoms with Crippen LogP contribution in [0.3, 0.4) is 0 Å². The quantitative estimate of drug-likeness (QED) is 0.823. The molecule has 0 N–H and O–H groups in total. The fraction of sp³-hybridized carbons (Fsp3) is 0.615. The lowest BCUT2D eigenvalue weighted by molar-refractivity contribution is 0.0516. The lowest BCUT2D eigenvalue weighted by Gasteiger charge is -2.40. The van der Waals surface area contributed by atoms with Crippen LogP contribution in [0.4, 0.5) is 0 Å². The van der Waals surface area contributed by atoms with Crippen LogP contribution in [0, 0.1) is 18.3 Å². The van der Waals surface area contributed by atoms with Crippen LogP contribution in [0.2, 0.25) is 0 Å². The average Bonchev–Trinajstić information content (AvgIpc) is 2.85. The number of rotatable bonds is 2. The van der Waals surface area contributed by atoms with Crippen LogP contribution in [0.5, 0.6) is 0 Å². The third-order valence-corrected chi connectivity index (χ3v) is 4.24. The molecular weight excluding hydrogens is 260 g/mol. The highest BCUT2D eigenvalue weighted by atomic mass is 32.1. The average molecular weight is 278 g/mol. The summed E-state index contributed by atoms with van der Waals surface area (Å²) in [6.07, 6.45) is 0. The molecule has 102 valence electrons. The molecule has 0 aliphatic carbocycles. The van der Waals surface area contributed by atoms with E-state index in [0.717, 1.165) is 18.1 Å². The summed E-state index contributed by atoms with van der Waals surface area (Å²) in [5.74, 6) is -0.00114. The molecule has 19 heavy (non-hydrogen) atoms. The van der Waals surface area contributed by atoms with Crippen LogP contribution >= 0.6 is 11.3 Å². The number of hydrogen-bond acceptors (Lipinski definition) is 5. The second-order valence-corrected chi connectivity index (χ2v) is 6.26. The van der Waals surface area contributed by atoms with E-state index in [2.05, 4.69) is 16.0 Å². The van der Waals surface area contributed by atoms with Crippen molar-refractivity contribution in [2.45, 2.75) is 26.3 Å². The molecule has 1 fully saturated rings. The van der Waals surface area contributed by atoms with Crippen molar-refractivity contribution in [3.63, 3.8) is 0 Å². The molecule has 0 aromatic carbocycles. The monoisotopic (exact) mass is 278 g/mol. The zero-order valence-corrected chi connectivity index (χ0v) is 12.3. The SMILES string of the molecule is Cc1nc(C(=O)N2CCN(C(C)(C)C#N)CC2)cs1. The van der Waals surface area contributed by atoms with Crippen molar-refractivity contribution in [2.75, 3.05) is 26.2 Å². The van der Waals surface area contributed by atoms with Crippen molar-refractivity contribution in [2.24, 2.45) is 0 Å². The van der Waals surface area contributed by atoms with Crippen LogP contribution in [0.25, 0.3) is 0 Å². The second-order valence-electron chi connectivity index (χ2n) is 5.20. The van der Waals surface area contributed by atoms with Gasteiger partial charge < -0.3 is 4.90 Å². The molecule has 0 unspecified atom stereocenters. The molecule has 1 aliphatic rings. The Labute approximate surface area is 117 Å². The first-order chi connectivity index (χ1) is 8.94. The van der Waals surface area contributed by atoms with Gasteiger partial charge in [0.25, 0.3) is 5.91 Å². The van der Waals surface area contributed by atoms with Gasteiger partial charge in [0.05, 0.1) is 11.1 Å². The first-order valence-corrected chi connectivity index (χ1v) is 7.20. The van der Waals surface area contributed by atoms with Crippen molar-refractivity contribution in [1.29, 1.82) is 5.26 Å². The van der Waals surface area contributed by atoms with Crippen LogP contribution in [0.15, 0.2) is 5.38 Å². The molecule has 0 radical (unpaired) electrons. The highest BCUT2D eigenvalue weighted by molar-refractivity contribution is 7.09. The molecule has 0 atom stereocenters. The number of piperazine rings is 1. The molecule has 2 rings (SSSR count). The fourth-order valence-corrected chi connectivity index (χ4v) is 2.75. The van der Waals surface area contributed by atoms with Crippen LogP contribution < -0.4 is 0 Å². The molecule has 1 aromatic heterocycles. The Balaban J connectivity index is 1.97. The lowest BCUT2D eigenvalue weighted by Crippen LogP contribution is -2.55. The van der Waals surface area contributed by atoms with E-state index in [4.69, 9.17) is 5.26 Å². The van der Waals surface area contributed by atoms with E-state index in [1.54, 1.807) is 0 Å². The topological polar surface area (TPSA) is 60.2 Å². The van der Waals surface area contributed by atoms with E-state index in [1.165, 1.54) is 11.3 Å². The van der Waals surface area contributed by atoms with Crippen LogP contribution in [-0.4, -0.2) is 52.4 Å². The summed E-state index contributed by atoms with van der Waals surface area (Å²) in [6.45, 7) is 8.49. The number of amides is 1. The Morgan fingerprint density at radius 2 is 2.05 bits per heavy atom. The molecule has 1 aliphatic heterocycles. The zero-order chi connectivity index (χ0) is 14.0. The van der Waals surface area contributed by atoms with Gasteiger partial charge in [0, 0.05) is 31.6 Å². The number of carbonyl (C=O) groups excluding carboxylic acids is 1. The standard InChI is InChI=1S/C13H18N4OS/c1-10-15-11(8-19-10)12(18)16-4-6-17(7-5-16)13(2,3)9-14/h8H,4-7H2,1-3H3. The zero-order valence-electron chi connectivity index (χ0n) is 11.5. The highest BCUT2D eigenvalue weighted by Crippen LogP contribution is 2.17. The Bertz CT molecular complexity index is 509. The van der Waals surface area contributed by atoms with Gasteiger partial charge in [0.2, 0.25) is 0 Å². The highest BCUT2D eigenvalue weighted by Gasteiger charge is 2.31. The van der Waals surface area contributed by atoms with Gasteiger partial charge in [-0.15, -0.1) is 11.3 Å². The minimum Gasteiger partial charge on any atom is -0.335 e. The normalized spacial score (nSPS) is 17.3. The summed E-state index contributed by atoms with van der Waals surface area (Å²) in [5, 5.41) is 11.8. The van der Waals surface area contributed by atoms with Gasteiger partial charge in [0.1, 0.15) is 11.2 Å². The smallest absolute Gasteiger partial charge is 0.273 e. The van der Waals surface area contributed by atoms with E-state index in [9.17, 15) is 4.79 Å². The Morgan fingerprint density at radius 3 is 2.53 bits per heavy atom. The fourth-order valence-electron chi connectivity index (χ4n) is 2.16. The molecule has 0 bridgehead atoms. The van der Waals surface area contributed by atoms with Crippen molar-refractivity contribution in [1.82, 2.24) is 14.8 Å². The van der Waals surface area contributed by atoms with Gasteiger partial charge in [-0.3, -0.25) is 9.69 Å². The number of nitrogens with zero attached hydrogens (tertiary/aromatic N) is 4. The predicted molar refractivity (Wildman–Crippen MR) is 74.0 cm³/mol. The van der Waals surface area contributed by atoms with Crippen molar-refractivity contribution in [3.8, 4) is 6.07 Å². The van der Waals surface area contributed by atoms with E-state index in [1.807, 2.05) is 31.1 Å². The summed E-state index contributed by atoms with van der Waals surface area (Å²) in [6, 6.07) is 2.30. The second kappa shape index (κ2) is 5.27. The molecule has 1 saturated heterocycles. The van der Waals surface area contributed by atoms with E-state index < -0.39 is 5.54 Å². The molecule has 1 aromatic rings. The molecule has 5 nitrogen and oxygen atoms in total. The van der Waals surface area contributed by atoms with E-state index in [-0.39, 0.29) is 5.91 Å².